The van der Waals surface area contributed by atoms with Gasteiger partial charge in [-0.25, -0.2) is 4.39 Å². The van der Waals surface area contributed by atoms with Gasteiger partial charge in [-0.3, -0.25) is 4.79 Å². The van der Waals surface area contributed by atoms with Crippen molar-refractivity contribution in [3.8, 4) is 0 Å². The lowest BCUT2D eigenvalue weighted by molar-refractivity contribution is -0.142. The van der Waals surface area contributed by atoms with Crippen LogP contribution in [-0.4, -0.2) is 11.1 Å². The Balaban J connectivity index is 2.03. The number of halogens is 1. The Morgan fingerprint density at radius 3 is 2.47 bits per heavy atom. The summed E-state index contributed by atoms with van der Waals surface area (Å²) in [4.78, 5) is 10.9. The van der Waals surface area contributed by atoms with E-state index >= 15 is 0 Å². The fourth-order valence-corrected chi connectivity index (χ4v) is 2.62. The van der Waals surface area contributed by atoms with Crippen LogP contribution in [0.2, 0.25) is 0 Å². The molecule has 0 saturated heterocycles. The minimum Gasteiger partial charge on any atom is -0.481 e. The van der Waals surface area contributed by atoms with E-state index in [4.69, 9.17) is 5.11 Å². The average molecular weight is 236 g/mol. The minimum atomic E-state index is -0.676. The molecule has 0 heterocycles. The number of hydrogen-bond acceptors (Lipinski definition) is 1. The monoisotopic (exact) mass is 236 g/mol. The topological polar surface area (TPSA) is 37.3 Å². The lowest BCUT2D eigenvalue weighted by Gasteiger charge is -2.14. The quantitative estimate of drug-likeness (QED) is 0.797. The summed E-state index contributed by atoms with van der Waals surface area (Å²) < 4.78 is 12.8. The molecule has 1 aromatic carbocycles. The molecule has 2 rings (SSSR count). The average Bonchev–Trinajstić information content (AvgIpc) is 2.55. The summed E-state index contributed by atoms with van der Waals surface area (Å²) in [5, 5.41) is 9.01. The predicted molar refractivity (Wildman–Crippen MR) is 63.4 cm³/mol. The van der Waals surface area contributed by atoms with Crippen LogP contribution >= 0.6 is 0 Å². The van der Waals surface area contributed by atoms with Gasteiger partial charge >= 0.3 is 5.97 Å². The Labute approximate surface area is 100 Å². The van der Waals surface area contributed by atoms with Crippen LogP contribution in [0.15, 0.2) is 24.3 Å². The molecule has 0 radical (unpaired) electrons. The van der Waals surface area contributed by atoms with E-state index in [1.807, 2.05) is 12.1 Å². The van der Waals surface area contributed by atoms with Gasteiger partial charge < -0.3 is 5.11 Å². The molecule has 2 atom stereocenters. The maximum Gasteiger partial charge on any atom is 0.306 e. The minimum absolute atomic E-state index is 0.194. The highest BCUT2D eigenvalue weighted by Crippen LogP contribution is 2.34. The zero-order valence-electron chi connectivity index (χ0n) is 9.73. The number of aliphatic carboxylic acids is 1. The van der Waals surface area contributed by atoms with Gasteiger partial charge in [-0.1, -0.05) is 18.6 Å². The molecule has 1 aliphatic carbocycles. The van der Waals surface area contributed by atoms with Gasteiger partial charge in [-0.15, -0.1) is 0 Å². The van der Waals surface area contributed by atoms with E-state index in [1.165, 1.54) is 12.1 Å². The van der Waals surface area contributed by atoms with Crippen molar-refractivity contribution in [3.05, 3.63) is 35.6 Å². The van der Waals surface area contributed by atoms with E-state index in [0.717, 1.165) is 37.7 Å². The van der Waals surface area contributed by atoms with Gasteiger partial charge in [0.25, 0.3) is 0 Å². The van der Waals surface area contributed by atoms with Gasteiger partial charge in [0, 0.05) is 0 Å². The molecule has 92 valence electrons. The van der Waals surface area contributed by atoms with Crippen molar-refractivity contribution in [1.82, 2.24) is 0 Å². The molecule has 1 fully saturated rings. The second-order valence-corrected chi connectivity index (χ2v) is 4.79. The van der Waals surface area contributed by atoms with Gasteiger partial charge in [0.1, 0.15) is 5.82 Å². The predicted octanol–water partition coefficient (Wildman–Crippen LogP) is 3.57. The lowest BCUT2D eigenvalue weighted by atomic mass is 9.91. The summed E-state index contributed by atoms with van der Waals surface area (Å²) >= 11 is 0. The Bertz CT molecular complexity index is 386. The van der Waals surface area contributed by atoms with Crippen LogP contribution in [0.1, 0.15) is 43.6 Å². The molecule has 0 spiro atoms. The number of carboxylic acid groups (broad SMARTS) is 1. The molecule has 2 nitrogen and oxygen atoms in total. The summed E-state index contributed by atoms with van der Waals surface area (Å²) in [7, 11) is 0. The first-order valence-corrected chi connectivity index (χ1v) is 6.15. The molecule has 0 bridgehead atoms. The number of benzene rings is 1. The van der Waals surface area contributed by atoms with E-state index in [1.54, 1.807) is 0 Å². The summed E-state index contributed by atoms with van der Waals surface area (Å²) in [6, 6.07) is 6.60. The van der Waals surface area contributed by atoms with Crippen molar-refractivity contribution in [3.63, 3.8) is 0 Å². The SMILES string of the molecule is O=C(O)C1CCCC(c2ccc(F)cc2)CC1. The number of hydrogen-bond donors (Lipinski definition) is 1. The first-order chi connectivity index (χ1) is 8.16. The third-order valence-corrected chi connectivity index (χ3v) is 3.66. The maximum absolute atomic E-state index is 12.8. The molecule has 0 aromatic heterocycles. The third kappa shape index (κ3) is 3.05. The first-order valence-electron chi connectivity index (χ1n) is 6.15. The maximum atomic E-state index is 12.8. The molecule has 0 aliphatic heterocycles. The van der Waals surface area contributed by atoms with Crippen molar-refractivity contribution in [2.45, 2.75) is 38.0 Å². The van der Waals surface area contributed by atoms with Crippen molar-refractivity contribution in [2.75, 3.05) is 0 Å². The van der Waals surface area contributed by atoms with Crippen molar-refractivity contribution >= 4 is 5.97 Å². The van der Waals surface area contributed by atoms with Crippen LogP contribution in [0.3, 0.4) is 0 Å². The van der Waals surface area contributed by atoms with Crippen LogP contribution < -0.4 is 0 Å². The summed E-state index contributed by atoms with van der Waals surface area (Å²) in [5.74, 6) is -0.698. The van der Waals surface area contributed by atoms with Crippen LogP contribution in [0.4, 0.5) is 4.39 Å². The lowest BCUT2D eigenvalue weighted by Crippen LogP contribution is -2.12. The Hall–Kier alpha value is -1.38. The molecule has 3 heteroatoms. The molecule has 2 unspecified atom stereocenters. The molecule has 17 heavy (non-hydrogen) atoms. The second kappa shape index (κ2) is 5.30. The van der Waals surface area contributed by atoms with Crippen LogP contribution in [-0.2, 0) is 4.79 Å². The second-order valence-electron chi connectivity index (χ2n) is 4.79. The van der Waals surface area contributed by atoms with E-state index < -0.39 is 5.97 Å². The highest BCUT2D eigenvalue weighted by atomic mass is 19.1. The zero-order valence-corrected chi connectivity index (χ0v) is 9.73. The van der Waals surface area contributed by atoms with Gasteiger partial charge in [-0.2, -0.15) is 0 Å². The van der Waals surface area contributed by atoms with E-state index in [0.29, 0.717) is 5.92 Å². The van der Waals surface area contributed by atoms with Gasteiger partial charge in [0.15, 0.2) is 0 Å². The Morgan fingerprint density at radius 1 is 1.12 bits per heavy atom. The normalized spacial score (nSPS) is 25.2. The summed E-state index contributed by atoms with van der Waals surface area (Å²) in [6.45, 7) is 0. The molecule has 1 aromatic rings. The summed E-state index contributed by atoms with van der Waals surface area (Å²) in [5.41, 5.74) is 1.14. The number of carboxylic acids is 1. The van der Waals surface area contributed by atoms with Gasteiger partial charge in [0.05, 0.1) is 5.92 Å². The summed E-state index contributed by atoms with van der Waals surface area (Å²) in [6.07, 6.45) is 4.35. The highest BCUT2D eigenvalue weighted by molar-refractivity contribution is 5.69. The molecule has 1 saturated carbocycles. The van der Waals surface area contributed by atoms with E-state index in [2.05, 4.69) is 0 Å². The molecule has 1 N–H and O–H groups in total. The van der Waals surface area contributed by atoms with Gasteiger partial charge in [0.2, 0.25) is 0 Å². The van der Waals surface area contributed by atoms with Crippen LogP contribution in [0.25, 0.3) is 0 Å². The third-order valence-electron chi connectivity index (χ3n) is 3.66. The van der Waals surface area contributed by atoms with Crippen LogP contribution in [0.5, 0.6) is 0 Å². The van der Waals surface area contributed by atoms with E-state index in [-0.39, 0.29) is 11.7 Å². The molecular weight excluding hydrogens is 219 g/mol. The molecule has 1 aliphatic rings. The van der Waals surface area contributed by atoms with Gasteiger partial charge in [-0.05, 0) is 49.3 Å². The van der Waals surface area contributed by atoms with Crippen LogP contribution in [0, 0.1) is 11.7 Å². The largest absolute Gasteiger partial charge is 0.481 e. The highest BCUT2D eigenvalue weighted by Gasteiger charge is 2.24. The van der Waals surface area contributed by atoms with Crippen molar-refractivity contribution < 1.29 is 14.3 Å². The Kier molecular flexibility index (Phi) is 3.77. The van der Waals surface area contributed by atoms with Crippen molar-refractivity contribution in [1.29, 1.82) is 0 Å². The van der Waals surface area contributed by atoms with Crippen molar-refractivity contribution in [2.24, 2.45) is 5.92 Å². The molecule has 0 amide bonds. The fraction of sp³-hybridized carbons (Fsp3) is 0.500. The number of carbonyl (C=O) groups is 1. The van der Waals surface area contributed by atoms with E-state index in [9.17, 15) is 9.18 Å². The Morgan fingerprint density at radius 2 is 1.82 bits per heavy atom. The molecular formula is C14H17FO2. The first kappa shape index (κ1) is 12.1. The standard InChI is InChI=1S/C14H17FO2/c15-13-8-6-11(7-9-13)10-2-1-3-12(5-4-10)14(16)17/h6-10,12H,1-5H2,(H,16,17). The number of rotatable bonds is 2. The zero-order chi connectivity index (χ0) is 12.3. The fourth-order valence-electron chi connectivity index (χ4n) is 2.62. The smallest absolute Gasteiger partial charge is 0.306 e.